The number of ketones is 1. The molecule has 24 heavy (non-hydrogen) atoms. The molecule has 2 unspecified atom stereocenters. The number of hydrogen-bond donors (Lipinski definition) is 1. The van der Waals surface area contributed by atoms with Crippen LogP contribution in [0.15, 0.2) is 24.3 Å². The molecule has 0 saturated carbocycles. The first-order valence-corrected chi connectivity index (χ1v) is 9.40. The zero-order valence-electron chi connectivity index (χ0n) is 15.7. The van der Waals surface area contributed by atoms with Gasteiger partial charge in [-0.2, -0.15) is 0 Å². The Balaban J connectivity index is 2.42. The summed E-state index contributed by atoms with van der Waals surface area (Å²) < 4.78 is 0. The number of nitrogens with one attached hydrogen (secondary N) is 1. The van der Waals surface area contributed by atoms with E-state index in [-0.39, 0.29) is 17.7 Å². The second-order valence-corrected chi connectivity index (χ2v) is 6.86. The second-order valence-electron chi connectivity index (χ2n) is 6.86. The Morgan fingerprint density at radius 2 is 1.83 bits per heavy atom. The molecule has 0 saturated heterocycles. The van der Waals surface area contributed by atoms with Crippen molar-refractivity contribution < 1.29 is 9.59 Å². The van der Waals surface area contributed by atoms with Crippen molar-refractivity contribution >= 4 is 17.4 Å². The number of Topliss-reactive ketones (excluding diaryl/α,β-unsaturated/α-hetero) is 1. The van der Waals surface area contributed by atoms with Gasteiger partial charge in [0.25, 0.3) is 0 Å². The largest absolute Gasteiger partial charge is 0.326 e. The summed E-state index contributed by atoms with van der Waals surface area (Å²) in [4.78, 5) is 23.9. The summed E-state index contributed by atoms with van der Waals surface area (Å²) in [6.07, 6.45) is 6.43. The molecular weight excluding hydrogens is 298 g/mol. The molecule has 0 aliphatic rings. The number of carbonyl (C=O) groups excluding carboxylic acids is 2. The van der Waals surface area contributed by atoms with E-state index in [4.69, 9.17) is 0 Å². The third kappa shape index (κ3) is 7.29. The highest BCUT2D eigenvalue weighted by molar-refractivity contribution is 5.92. The van der Waals surface area contributed by atoms with Gasteiger partial charge >= 0.3 is 0 Å². The average molecular weight is 332 g/mol. The number of hydrogen-bond acceptors (Lipinski definition) is 2. The molecular formula is C21H33NO2. The average Bonchev–Trinajstić information content (AvgIpc) is 2.58. The highest BCUT2D eigenvalue weighted by Crippen LogP contribution is 2.16. The van der Waals surface area contributed by atoms with Crippen LogP contribution in [0, 0.1) is 11.8 Å². The lowest BCUT2D eigenvalue weighted by molar-refractivity contribution is -0.122. The fourth-order valence-electron chi connectivity index (χ4n) is 2.74. The van der Waals surface area contributed by atoms with Crippen molar-refractivity contribution in [1.29, 1.82) is 0 Å². The van der Waals surface area contributed by atoms with Gasteiger partial charge in [0.1, 0.15) is 5.78 Å². The molecule has 0 aliphatic carbocycles. The lowest BCUT2D eigenvalue weighted by Gasteiger charge is -2.12. The molecule has 1 amide bonds. The molecule has 0 radical (unpaired) electrons. The third-order valence-electron chi connectivity index (χ3n) is 4.66. The van der Waals surface area contributed by atoms with Crippen LogP contribution in [0.5, 0.6) is 0 Å². The zero-order valence-corrected chi connectivity index (χ0v) is 15.7. The Bertz CT molecular complexity index is 524. The number of benzene rings is 1. The summed E-state index contributed by atoms with van der Waals surface area (Å²) in [6, 6.07) is 8.06. The van der Waals surface area contributed by atoms with Gasteiger partial charge in [-0.25, -0.2) is 0 Å². The molecule has 134 valence electrons. The van der Waals surface area contributed by atoms with E-state index in [2.05, 4.69) is 25.2 Å². The minimum atomic E-state index is 0.0465. The van der Waals surface area contributed by atoms with Crippen molar-refractivity contribution in [3.05, 3.63) is 29.8 Å². The number of rotatable bonds is 11. The van der Waals surface area contributed by atoms with Crippen LogP contribution in [0.2, 0.25) is 0 Å². The molecule has 3 heteroatoms. The van der Waals surface area contributed by atoms with E-state index >= 15 is 0 Å². The Kier molecular flexibility index (Phi) is 9.36. The molecule has 1 rings (SSSR count). The number of amides is 1. The first kappa shape index (κ1) is 20.4. The molecule has 1 aromatic rings. The van der Waals surface area contributed by atoms with Gasteiger partial charge in [-0.15, -0.1) is 0 Å². The molecule has 1 aromatic carbocycles. The van der Waals surface area contributed by atoms with Crippen molar-refractivity contribution in [2.45, 2.75) is 72.6 Å². The first-order valence-electron chi connectivity index (χ1n) is 9.40. The quantitative estimate of drug-likeness (QED) is 0.553. The fraction of sp³-hybridized carbons (Fsp3) is 0.619. The van der Waals surface area contributed by atoms with Gasteiger partial charge in [0.2, 0.25) is 5.91 Å². The summed E-state index contributed by atoms with van der Waals surface area (Å²) in [7, 11) is 0. The minimum absolute atomic E-state index is 0.0465. The predicted octanol–water partition coefficient (Wildman–Crippen LogP) is 5.39. The number of anilines is 1. The van der Waals surface area contributed by atoms with Crippen LogP contribution < -0.4 is 5.32 Å². The van der Waals surface area contributed by atoms with Gasteiger partial charge in [-0.1, -0.05) is 46.2 Å². The Morgan fingerprint density at radius 1 is 1.08 bits per heavy atom. The van der Waals surface area contributed by atoms with Crippen LogP contribution in [0.1, 0.15) is 71.8 Å². The molecule has 0 bridgehead atoms. The predicted molar refractivity (Wildman–Crippen MR) is 101 cm³/mol. The first-order chi connectivity index (χ1) is 11.5. The molecule has 3 nitrogen and oxygen atoms in total. The van der Waals surface area contributed by atoms with E-state index in [0.29, 0.717) is 12.2 Å². The van der Waals surface area contributed by atoms with Gasteiger partial charge in [-0.05, 0) is 49.8 Å². The monoisotopic (exact) mass is 331 g/mol. The summed E-state index contributed by atoms with van der Waals surface area (Å²) in [6.45, 7) is 8.13. The Hall–Kier alpha value is -1.64. The maximum atomic E-state index is 12.1. The highest BCUT2D eigenvalue weighted by atomic mass is 16.1. The van der Waals surface area contributed by atoms with E-state index in [1.165, 1.54) is 5.56 Å². The van der Waals surface area contributed by atoms with Gasteiger partial charge in [-0.3, -0.25) is 9.59 Å². The highest BCUT2D eigenvalue weighted by Gasteiger charge is 2.12. The van der Waals surface area contributed by atoms with Gasteiger partial charge in [0.15, 0.2) is 0 Å². The number of unbranched alkanes of at least 4 members (excludes halogenated alkanes) is 1. The molecule has 0 aliphatic heterocycles. The fourth-order valence-corrected chi connectivity index (χ4v) is 2.74. The molecule has 0 spiro atoms. The van der Waals surface area contributed by atoms with Crippen LogP contribution in [0.3, 0.4) is 0 Å². The normalized spacial score (nSPS) is 13.3. The van der Waals surface area contributed by atoms with Gasteiger partial charge < -0.3 is 5.32 Å². The molecule has 2 atom stereocenters. The number of aryl methyl sites for hydroxylation is 1. The minimum Gasteiger partial charge on any atom is -0.326 e. The van der Waals surface area contributed by atoms with E-state index < -0.39 is 0 Å². The number of carbonyl (C=O) groups is 2. The molecule has 1 N–H and O–H groups in total. The van der Waals surface area contributed by atoms with Crippen molar-refractivity contribution in [2.24, 2.45) is 11.8 Å². The Morgan fingerprint density at radius 3 is 2.50 bits per heavy atom. The van der Waals surface area contributed by atoms with Crippen molar-refractivity contribution in [2.75, 3.05) is 5.32 Å². The summed E-state index contributed by atoms with van der Waals surface area (Å²) >= 11 is 0. The van der Waals surface area contributed by atoms with Crippen molar-refractivity contribution in [1.82, 2.24) is 0 Å². The zero-order chi connectivity index (χ0) is 17.9. The second kappa shape index (κ2) is 11.0. The van der Waals surface area contributed by atoms with Gasteiger partial charge in [0, 0.05) is 23.9 Å². The van der Waals surface area contributed by atoms with E-state index in [1.54, 1.807) is 0 Å². The summed E-state index contributed by atoms with van der Waals surface area (Å²) in [5.41, 5.74) is 2.09. The van der Waals surface area contributed by atoms with Crippen molar-refractivity contribution in [3.8, 4) is 0 Å². The maximum Gasteiger partial charge on any atom is 0.227 e. The lowest BCUT2D eigenvalue weighted by atomic mass is 9.98. The van der Waals surface area contributed by atoms with Crippen LogP contribution in [-0.2, 0) is 16.0 Å². The van der Waals surface area contributed by atoms with Crippen molar-refractivity contribution in [3.63, 3.8) is 0 Å². The van der Waals surface area contributed by atoms with Crippen LogP contribution >= 0.6 is 0 Å². The molecule has 0 fully saturated rings. The maximum absolute atomic E-state index is 12.1. The smallest absolute Gasteiger partial charge is 0.227 e. The Labute approximate surface area is 147 Å². The van der Waals surface area contributed by atoms with Gasteiger partial charge in [0.05, 0.1) is 0 Å². The van der Waals surface area contributed by atoms with Crippen LogP contribution in [0.4, 0.5) is 5.69 Å². The van der Waals surface area contributed by atoms with E-state index in [9.17, 15) is 9.59 Å². The summed E-state index contributed by atoms with van der Waals surface area (Å²) in [5.74, 6) is 0.704. The SMILES string of the molecule is CCCC(C)C(=O)Nc1cccc(CCCCC(=O)C(C)CC)c1. The standard InChI is InChI=1S/C21H33NO2/c1-5-10-17(4)21(24)22-19-13-9-12-18(15-19)11-7-8-14-20(23)16(3)6-2/h9,12-13,15-17H,5-8,10-11,14H2,1-4H3,(H,22,24). The topological polar surface area (TPSA) is 46.2 Å². The lowest BCUT2D eigenvalue weighted by Crippen LogP contribution is -2.20. The van der Waals surface area contributed by atoms with E-state index in [0.717, 1.165) is 44.2 Å². The van der Waals surface area contributed by atoms with Crippen LogP contribution in [0.25, 0.3) is 0 Å². The third-order valence-corrected chi connectivity index (χ3v) is 4.66. The summed E-state index contributed by atoms with van der Waals surface area (Å²) in [5, 5.41) is 3.01. The van der Waals surface area contributed by atoms with Crippen LogP contribution in [-0.4, -0.2) is 11.7 Å². The molecule has 0 heterocycles. The molecule has 0 aromatic heterocycles. The van der Waals surface area contributed by atoms with E-state index in [1.807, 2.05) is 32.0 Å².